The number of carbonyl (C=O) groups excluding carboxylic acids is 1. The molecule has 166 valence electrons. The van der Waals surface area contributed by atoms with Crippen molar-refractivity contribution < 1.29 is 33.0 Å². The summed E-state index contributed by atoms with van der Waals surface area (Å²) < 4.78 is 31.3. The lowest BCUT2D eigenvalue weighted by atomic mass is 10.0. The van der Waals surface area contributed by atoms with Crippen molar-refractivity contribution in [2.24, 2.45) is 0 Å². The molecule has 1 heterocycles. The average Bonchev–Trinajstić information content (AvgIpc) is 2.77. The first kappa shape index (κ1) is 23.0. The Hall–Kier alpha value is -3.72. The Morgan fingerprint density at radius 2 is 1.75 bits per heavy atom. The molecule has 0 aliphatic carbocycles. The van der Waals surface area contributed by atoms with E-state index >= 15 is 0 Å². The van der Waals surface area contributed by atoms with Crippen LogP contribution in [0.1, 0.15) is 45.7 Å². The van der Waals surface area contributed by atoms with Gasteiger partial charge in [0.25, 0.3) is 0 Å². The third-order valence-electron chi connectivity index (χ3n) is 4.86. The number of hydrogen-bond acceptors (Lipinski definition) is 7. The summed E-state index contributed by atoms with van der Waals surface area (Å²) in [5, 5.41) is 19.0. The minimum absolute atomic E-state index is 0.0333. The van der Waals surface area contributed by atoms with Gasteiger partial charge in [-0.2, -0.15) is 0 Å². The predicted molar refractivity (Wildman–Crippen MR) is 115 cm³/mol. The van der Waals surface area contributed by atoms with Crippen molar-refractivity contribution in [2.45, 2.75) is 36.8 Å². The lowest BCUT2D eigenvalue weighted by molar-refractivity contribution is 0.0696. The molecule has 2 N–H and O–H groups in total. The Balaban J connectivity index is 1.80. The van der Waals surface area contributed by atoms with Crippen LogP contribution in [0.3, 0.4) is 0 Å². The number of aromatic hydroxyl groups is 1. The van der Waals surface area contributed by atoms with Gasteiger partial charge in [0.15, 0.2) is 10.8 Å². The van der Waals surface area contributed by atoms with Gasteiger partial charge in [-0.3, -0.25) is 4.79 Å². The summed E-state index contributed by atoms with van der Waals surface area (Å²) in [5.74, 6) is -1.16. The maximum Gasteiger partial charge on any atom is 0.335 e. The molecule has 1 aromatic heterocycles. The molecule has 0 bridgehead atoms. The summed E-state index contributed by atoms with van der Waals surface area (Å²) in [7, 11) is -3.99. The van der Waals surface area contributed by atoms with Crippen LogP contribution in [0.4, 0.5) is 0 Å². The van der Waals surface area contributed by atoms with E-state index in [1.165, 1.54) is 31.2 Å². The first-order valence-corrected chi connectivity index (χ1v) is 11.2. The number of Topliss-reactive ketones (excluding diaryl/α,β-unsaturated/α-hetero) is 1. The number of carbonyl (C=O) groups is 2. The second kappa shape index (κ2) is 9.19. The van der Waals surface area contributed by atoms with E-state index in [1.54, 1.807) is 18.2 Å². The second-order valence-corrected chi connectivity index (χ2v) is 8.87. The maximum absolute atomic E-state index is 12.8. The molecule has 0 saturated carbocycles. The van der Waals surface area contributed by atoms with Gasteiger partial charge in [0, 0.05) is 11.8 Å². The summed E-state index contributed by atoms with van der Waals surface area (Å²) in [6.45, 7) is 3.32. The molecule has 3 rings (SSSR count). The fraction of sp³-hybridized carbons (Fsp3) is 0.174. The van der Waals surface area contributed by atoms with Crippen LogP contribution in [0.15, 0.2) is 64.6 Å². The number of hydrogen-bond donors (Lipinski definition) is 2. The normalized spacial score (nSPS) is 11.2. The number of phenolic OH excluding ortho intramolecular Hbond substituents is 1. The number of aromatic nitrogens is 1. The van der Waals surface area contributed by atoms with E-state index in [9.17, 15) is 23.1 Å². The first-order chi connectivity index (χ1) is 15.1. The molecule has 0 saturated heterocycles. The highest BCUT2D eigenvalue weighted by Crippen LogP contribution is 2.32. The fourth-order valence-corrected chi connectivity index (χ4v) is 4.33. The molecule has 3 aromatic rings. The highest BCUT2D eigenvalue weighted by Gasteiger charge is 2.21. The number of nitrogens with zero attached hydrogens (tertiary/aromatic N) is 1. The zero-order valence-electron chi connectivity index (χ0n) is 17.4. The number of carboxylic acid groups (broad SMARTS) is 1. The minimum Gasteiger partial charge on any atom is -0.507 e. The van der Waals surface area contributed by atoms with Crippen molar-refractivity contribution in [2.75, 3.05) is 0 Å². The van der Waals surface area contributed by atoms with Crippen LogP contribution in [-0.4, -0.2) is 35.4 Å². The van der Waals surface area contributed by atoms with Crippen molar-refractivity contribution >= 4 is 21.6 Å². The van der Waals surface area contributed by atoms with E-state index in [0.29, 0.717) is 23.3 Å². The SMILES string of the molecule is CCc1c(OCc2ccc(S(=O)(=O)c3cc(C(=O)O)ccn3)cc2)ccc(C(C)=O)c1O. The Morgan fingerprint density at radius 3 is 2.34 bits per heavy atom. The highest BCUT2D eigenvalue weighted by atomic mass is 32.2. The standard InChI is InChI=1S/C23H21NO7S/c1-3-18-20(9-8-19(14(2)25)22(18)26)31-13-15-4-6-17(7-5-15)32(29,30)21-12-16(23(27)28)10-11-24-21/h4-12,26H,3,13H2,1-2H3,(H,27,28). The molecular formula is C23H21NO7S. The van der Waals surface area contributed by atoms with Crippen LogP contribution < -0.4 is 4.74 Å². The molecule has 2 aromatic carbocycles. The zero-order chi connectivity index (χ0) is 23.5. The lowest BCUT2D eigenvalue weighted by Crippen LogP contribution is -2.07. The number of ether oxygens (including phenoxy) is 1. The number of rotatable bonds is 8. The van der Waals surface area contributed by atoms with Gasteiger partial charge in [-0.25, -0.2) is 18.2 Å². The molecule has 0 unspecified atom stereocenters. The number of aromatic carboxylic acids is 1. The van der Waals surface area contributed by atoms with Crippen molar-refractivity contribution in [1.29, 1.82) is 0 Å². The third-order valence-corrected chi connectivity index (χ3v) is 6.52. The quantitative estimate of drug-likeness (QED) is 0.492. The van der Waals surface area contributed by atoms with Gasteiger partial charge in [0.2, 0.25) is 9.84 Å². The lowest BCUT2D eigenvalue weighted by Gasteiger charge is -2.14. The van der Waals surface area contributed by atoms with Crippen LogP contribution in [0.25, 0.3) is 0 Å². The second-order valence-electron chi connectivity index (χ2n) is 6.97. The summed E-state index contributed by atoms with van der Waals surface area (Å²) >= 11 is 0. The van der Waals surface area contributed by atoms with E-state index in [4.69, 9.17) is 9.84 Å². The average molecular weight is 455 g/mol. The van der Waals surface area contributed by atoms with Crippen LogP contribution in [-0.2, 0) is 22.9 Å². The maximum atomic E-state index is 12.8. The molecule has 0 spiro atoms. The van der Waals surface area contributed by atoms with Gasteiger partial charge < -0.3 is 14.9 Å². The number of pyridine rings is 1. The van der Waals surface area contributed by atoms with Gasteiger partial charge in [0.05, 0.1) is 16.0 Å². The summed E-state index contributed by atoms with van der Waals surface area (Å²) in [4.78, 5) is 26.5. The molecule has 0 atom stereocenters. The van der Waals surface area contributed by atoms with Gasteiger partial charge in [-0.05, 0) is 55.3 Å². The Morgan fingerprint density at radius 1 is 1.06 bits per heavy atom. The van der Waals surface area contributed by atoms with Crippen LogP contribution in [0.2, 0.25) is 0 Å². The van der Waals surface area contributed by atoms with Gasteiger partial charge in [-0.15, -0.1) is 0 Å². The molecule has 0 radical (unpaired) electrons. The van der Waals surface area contributed by atoms with Crippen LogP contribution in [0, 0.1) is 0 Å². The van der Waals surface area contributed by atoms with E-state index in [0.717, 1.165) is 12.3 Å². The van der Waals surface area contributed by atoms with Gasteiger partial charge in [0.1, 0.15) is 18.1 Å². The first-order valence-electron chi connectivity index (χ1n) is 9.67. The van der Waals surface area contributed by atoms with Crippen LogP contribution in [0.5, 0.6) is 11.5 Å². The fourth-order valence-electron chi connectivity index (χ4n) is 3.11. The molecule has 8 nitrogen and oxygen atoms in total. The minimum atomic E-state index is -3.99. The summed E-state index contributed by atoms with van der Waals surface area (Å²) in [6, 6.07) is 11.3. The topological polar surface area (TPSA) is 131 Å². The van der Waals surface area contributed by atoms with Crippen molar-refractivity contribution in [1.82, 2.24) is 4.98 Å². The van der Waals surface area contributed by atoms with Crippen molar-refractivity contribution in [3.8, 4) is 11.5 Å². The number of carboxylic acids is 1. The Labute approximate surface area is 185 Å². The number of sulfone groups is 1. The summed E-state index contributed by atoms with van der Waals surface area (Å²) in [6.07, 6.45) is 1.60. The molecule has 0 amide bonds. The molecule has 0 aliphatic heterocycles. The van der Waals surface area contributed by atoms with E-state index in [2.05, 4.69) is 4.98 Å². The predicted octanol–water partition coefficient (Wildman–Crippen LogP) is 3.66. The molecule has 0 fully saturated rings. The number of phenols is 1. The van der Waals surface area contributed by atoms with Gasteiger partial charge in [-0.1, -0.05) is 19.1 Å². The number of benzene rings is 2. The number of ketones is 1. The third kappa shape index (κ3) is 4.62. The largest absolute Gasteiger partial charge is 0.507 e. The smallest absolute Gasteiger partial charge is 0.335 e. The van der Waals surface area contributed by atoms with Crippen LogP contribution >= 0.6 is 0 Å². The van der Waals surface area contributed by atoms with Gasteiger partial charge >= 0.3 is 5.97 Å². The molecule has 32 heavy (non-hydrogen) atoms. The van der Waals surface area contributed by atoms with E-state index < -0.39 is 15.8 Å². The summed E-state index contributed by atoms with van der Waals surface area (Å²) in [5.41, 5.74) is 1.24. The zero-order valence-corrected chi connectivity index (χ0v) is 18.2. The van der Waals surface area contributed by atoms with E-state index in [1.807, 2.05) is 6.92 Å². The Bertz CT molecular complexity index is 1280. The monoisotopic (exact) mass is 455 g/mol. The van der Waals surface area contributed by atoms with Crippen molar-refractivity contribution in [3.63, 3.8) is 0 Å². The highest BCUT2D eigenvalue weighted by molar-refractivity contribution is 7.91. The molecule has 9 heteroatoms. The molecular weight excluding hydrogens is 434 g/mol. The molecule has 0 aliphatic rings. The Kier molecular flexibility index (Phi) is 6.59. The van der Waals surface area contributed by atoms with E-state index in [-0.39, 0.29) is 39.2 Å². The van der Waals surface area contributed by atoms with Crippen molar-refractivity contribution in [3.05, 3.63) is 77.0 Å².